The van der Waals surface area contributed by atoms with Gasteiger partial charge in [-0.2, -0.15) is 0 Å². The Morgan fingerprint density at radius 3 is 2.44 bits per heavy atom. The molecule has 0 aliphatic carbocycles. The lowest BCUT2D eigenvalue weighted by molar-refractivity contribution is -0.139. The van der Waals surface area contributed by atoms with Crippen LogP contribution in [-0.4, -0.2) is 50.1 Å². The first-order chi connectivity index (χ1) is 8.36. The van der Waals surface area contributed by atoms with Gasteiger partial charge in [-0.15, -0.1) is 0 Å². The summed E-state index contributed by atoms with van der Waals surface area (Å²) in [6.45, 7) is 11.0. The Morgan fingerprint density at radius 2 is 1.94 bits per heavy atom. The number of hydrogen-bond donors (Lipinski definition) is 1. The van der Waals surface area contributed by atoms with Crippen molar-refractivity contribution in [3.05, 3.63) is 12.2 Å². The molecular formula is C13H24N2O3. The normalized spacial score (nSPS) is 10.6. The van der Waals surface area contributed by atoms with Gasteiger partial charge in [0, 0.05) is 18.7 Å². The maximum atomic E-state index is 11.5. The fourth-order valence-corrected chi connectivity index (χ4v) is 1.30. The third kappa shape index (κ3) is 7.84. The van der Waals surface area contributed by atoms with Crippen LogP contribution in [0.15, 0.2) is 12.2 Å². The summed E-state index contributed by atoms with van der Waals surface area (Å²) in [4.78, 5) is 24.6. The van der Waals surface area contributed by atoms with Crippen LogP contribution in [0.5, 0.6) is 0 Å². The van der Waals surface area contributed by atoms with Crippen molar-refractivity contribution in [2.75, 3.05) is 33.3 Å². The molecule has 0 saturated heterocycles. The van der Waals surface area contributed by atoms with E-state index in [1.54, 1.807) is 18.9 Å². The number of amides is 1. The average Bonchev–Trinajstić information content (AvgIpc) is 2.26. The van der Waals surface area contributed by atoms with Gasteiger partial charge in [0.05, 0.1) is 13.2 Å². The third-order valence-electron chi connectivity index (χ3n) is 2.15. The number of hydrogen-bond acceptors (Lipinski definition) is 4. The van der Waals surface area contributed by atoms with E-state index in [0.29, 0.717) is 31.2 Å². The molecule has 0 aromatic carbocycles. The number of nitrogens with one attached hydrogen (secondary N) is 1. The largest absolute Gasteiger partial charge is 0.463 e. The van der Waals surface area contributed by atoms with Gasteiger partial charge in [-0.1, -0.05) is 20.4 Å². The second kappa shape index (κ2) is 8.69. The number of rotatable bonds is 8. The molecule has 104 valence electrons. The summed E-state index contributed by atoms with van der Waals surface area (Å²) in [6, 6.07) is 0. The van der Waals surface area contributed by atoms with Crippen LogP contribution in [0.25, 0.3) is 0 Å². The zero-order valence-corrected chi connectivity index (χ0v) is 11.8. The standard InChI is InChI=1S/C13H24N2O3/c1-6-18-13(17)11(4)8-15(5)9-12(16)14-7-10(2)3/h10H,4,6-9H2,1-3,5H3,(H,14,16). The number of carbonyl (C=O) groups is 2. The van der Waals surface area contributed by atoms with Crippen molar-refractivity contribution in [3.8, 4) is 0 Å². The van der Waals surface area contributed by atoms with Gasteiger partial charge in [0.15, 0.2) is 0 Å². The average molecular weight is 256 g/mol. The molecular weight excluding hydrogens is 232 g/mol. The molecule has 0 radical (unpaired) electrons. The summed E-state index contributed by atoms with van der Waals surface area (Å²) < 4.78 is 4.82. The van der Waals surface area contributed by atoms with E-state index in [4.69, 9.17) is 4.74 Å². The van der Waals surface area contributed by atoms with Crippen molar-refractivity contribution in [3.63, 3.8) is 0 Å². The van der Waals surface area contributed by atoms with Crippen LogP contribution in [0, 0.1) is 5.92 Å². The second-order valence-electron chi connectivity index (χ2n) is 4.69. The van der Waals surface area contributed by atoms with Crippen LogP contribution >= 0.6 is 0 Å². The molecule has 5 nitrogen and oxygen atoms in total. The fraction of sp³-hybridized carbons (Fsp3) is 0.692. The highest BCUT2D eigenvalue weighted by atomic mass is 16.5. The summed E-state index contributed by atoms with van der Waals surface area (Å²) in [5.41, 5.74) is 0.357. The highest BCUT2D eigenvalue weighted by molar-refractivity contribution is 5.88. The van der Waals surface area contributed by atoms with Crippen molar-refractivity contribution in [1.82, 2.24) is 10.2 Å². The maximum absolute atomic E-state index is 11.5. The first kappa shape index (κ1) is 16.6. The molecule has 0 aromatic heterocycles. The molecule has 1 N–H and O–H groups in total. The maximum Gasteiger partial charge on any atom is 0.334 e. The Kier molecular flexibility index (Phi) is 8.03. The highest BCUT2D eigenvalue weighted by Gasteiger charge is 2.12. The van der Waals surface area contributed by atoms with E-state index in [1.807, 2.05) is 13.8 Å². The molecule has 0 heterocycles. The van der Waals surface area contributed by atoms with Crippen molar-refractivity contribution in [2.45, 2.75) is 20.8 Å². The molecule has 0 spiro atoms. The van der Waals surface area contributed by atoms with Crippen molar-refractivity contribution < 1.29 is 14.3 Å². The molecule has 1 amide bonds. The molecule has 0 fully saturated rings. The van der Waals surface area contributed by atoms with Crippen LogP contribution in [0.4, 0.5) is 0 Å². The van der Waals surface area contributed by atoms with E-state index in [1.165, 1.54) is 0 Å². The second-order valence-corrected chi connectivity index (χ2v) is 4.69. The van der Waals surface area contributed by atoms with Crippen LogP contribution in [0.2, 0.25) is 0 Å². The monoisotopic (exact) mass is 256 g/mol. The van der Waals surface area contributed by atoms with Gasteiger partial charge in [-0.25, -0.2) is 4.79 Å². The Labute approximate surface area is 109 Å². The van der Waals surface area contributed by atoms with Gasteiger partial charge >= 0.3 is 5.97 Å². The Balaban J connectivity index is 3.95. The van der Waals surface area contributed by atoms with Gasteiger partial charge in [0.1, 0.15) is 0 Å². The van der Waals surface area contributed by atoms with Crippen molar-refractivity contribution in [1.29, 1.82) is 0 Å². The molecule has 0 aliphatic heterocycles. The summed E-state index contributed by atoms with van der Waals surface area (Å²) in [7, 11) is 1.76. The van der Waals surface area contributed by atoms with Crippen LogP contribution < -0.4 is 5.32 Å². The van der Waals surface area contributed by atoms with E-state index in [-0.39, 0.29) is 12.5 Å². The lowest BCUT2D eigenvalue weighted by Crippen LogP contribution is -2.38. The fourth-order valence-electron chi connectivity index (χ4n) is 1.30. The van der Waals surface area contributed by atoms with E-state index < -0.39 is 5.97 Å². The minimum absolute atomic E-state index is 0.0529. The Morgan fingerprint density at radius 1 is 1.33 bits per heavy atom. The molecule has 0 aliphatic rings. The summed E-state index contributed by atoms with van der Waals surface area (Å²) >= 11 is 0. The first-order valence-electron chi connectivity index (χ1n) is 6.16. The van der Waals surface area contributed by atoms with Crippen molar-refractivity contribution in [2.24, 2.45) is 5.92 Å². The van der Waals surface area contributed by atoms with Gasteiger partial charge in [0.2, 0.25) is 5.91 Å². The minimum atomic E-state index is -0.410. The molecule has 0 bridgehead atoms. The number of carbonyl (C=O) groups excluding carboxylic acids is 2. The Hall–Kier alpha value is -1.36. The van der Waals surface area contributed by atoms with Crippen LogP contribution in [-0.2, 0) is 14.3 Å². The van der Waals surface area contributed by atoms with E-state index in [9.17, 15) is 9.59 Å². The lowest BCUT2D eigenvalue weighted by Gasteiger charge is -2.17. The number of esters is 1. The zero-order chi connectivity index (χ0) is 14.1. The molecule has 0 rings (SSSR count). The van der Waals surface area contributed by atoms with Gasteiger partial charge < -0.3 is 10.1 Å². The van der Waals surface area contributed by atoms with E-state index in [2.05, 4.69) is 11.9 Å². The van der Waals surface area contributed by atoms with E-state index >= 15 is 0 Å². The molecule has 18 heavy (non-hydrogen) atoms. The first-order valence-corrected chi connectivity index (χ1v) is 6.16. The smallest absolute Gasteiger partial charge is 0.334 e. The number of likely N-dealkylation sites (N-methyl/N-ethyl adjacent to an activating group) is 1. The minimum Gasteiger partial charge on any atom is -0.463 e. The van der Waals surface area contributed by atoms with Gasteiger partial charge in [-0.3, -0.25) is 9.69 Å². The zero-order valence-electron chi connectivity index (χ0n) is 11.8. The van der Waals surface area contributed by atoms with E-state index in [0.717, 1.165) is 0 Å². The number of nitrogens with zero attached hydrogens (tertiary/aromatic N) is 1. The van der Waals surface area contributed by atoms with Gasteiger partial charge in [0.25, 0.3) is 0 Å². The predicted molar refractivity (Wildman–Crippen MR) is 71.1 cm³/mol. The third-order valence-corrected chi connectivity index (χ3v) is 2.15. The lowest BCUT2D eigenvalue weighted by atomic mass is 10.2. The molecule has 0 aromatic rings. The highest BCUT2D eigenvalue weighted by Crippen LogP contribution is 1.98. The van der Waals surface area contributed by atoms with Crippen LogP contribution in [0.1, 0.15) is 20.8 Å². The van der Waals surface area contributed by atoms with Gasteiger partial charge in [-0.05, 0) is 19.9 Å². The summed E-state index contributed by atoms with van der Waals surface area (Å²) in [5.74, 6) is -0.0384. The molecule has 0 atom stereocenters. The Bertz CT molecular complexity index is 301. The SMILES string of the molecule is C=C(CN(C)CC(=O)NCC(C)C)C(=O)OCC. The summed E-state index contributed by atoms with van der Waals surface area (Å²) in [5, 5.41) is 2.81. The summed E-state index contributed by atoms with van der Waals surface area (Å²) in [6.07, 6.45) is 0. The number of ether oxygens (including phenoxy) is 1. The topological polar surface area (TPSA) is 58.6 Å². The quantitative estimate of drug-likeness (QED) is 0.516. The van der Waals surface area contributed by atoms with Crippen LogP contribution in [0.3, 0.4) is 0 Å². The van der Waals surface area contributed by atoms with Crippen molar-refractivity contribution >= 4 is 11.9 Å². The molecule has 0 saturated carbocycles. The predicted octanol–water partition coefficient (Wildman–Crippen LogP) is 0.810. The molecule has 5 heteroatoms. The molecule has 0 unspecified atom stereocenters.